The van der Waals surface area contributed by atoms with E-state index in [4.69, 9.17) is 9.26 Å². The molecule has 1 saturated heterocycles. The molecule has 0 saturated carbocycles. The van der Waals surface area contributed by atoms with Crippen molar-refractivity contribution in [1.29, 1.82) is 0 Å². The smallest absolute Gasteiger partial charge is 0.199 e. The fourth-order valence-electron chi connectivity index (χ4n) is 4.73. The summed E-state index contributed by atoms with van der Waals surface area (Å²) in [5, 5.41) is 23.8. The number of benzene rings is 3. The largest absolute Gasteiger partial charge is 0.508 e. The average molecular weight is 499 g/mol. The number of hydrogen-bond donors (Lipinski definition) is 2. The lowest BCUT2D eigenvalue weighted by atomic mass is 9.93. The summed E-state index contributed by atoms with van der Waals surface area (Å²) in [5.41, 5.74) is 3.26. The highest BCUT2D eigenvalue weighted by Crippen LogP contribution is 2.36. The van der Waals surface area contributed by atoms with E-state index in [9.17, 15) is 15.0 Å². The van der Waals surface area contributed by atoms with Gasteiger partial charge in [-0.25, -0.2) is 0 Å². The molecule has 1 aliphatic rings. The Morgan fingerprint density at radius 2 is 1.65 bits per heavy atom. The maximum atomic E-state index is 13.8. The summed E-state index contributed by atoms with van der Waals surface area (Å²) in [6, 6.07) is 18.4. The lowest BCUT2D eigenvalue weighted by molar-refractivity contribution is 0.103. The number of aryl methyl sites for hydroxylation is 1. The zero-order valence-electron chi connectivity index (χ0n) is 20.8. The van der Waals surface area contributed by atoms with Gasteiger partial charge in [0, 0.05) is 23.2 Å². The summed E-state index contributed by atoms with van der Waals surface area (Å²) >= 11 is 0. The number of aromatic hydroxyl groups is 2. The van der Waals surface area contributed by atoms with Crippen molar-refractivity contribution in [2.45, 2.75) is 26.2 Å². The summed E-state index contributed by atoms with van der Waals surface area (Å²) in [4.78, 5) is 16.2. The second kappa shape index (κ2) is 10.9. The molecule has 7 heteroatoms. The Labute approximate surface area is 215 Å². The summed E-state index contributed by atoms with van der Waals surface area (Å²) in [5.74, 6) is 1.03. The van der Waals surface area contributed by atoms with Gasteiger partial charge in [-0.05, 0) is 105 Å². The van der Waals surface area contributed by atoms with Gasteiger partial charge in [0.05, 0.1) is 5.56 Å². The number of phenols is 2. The van der Waals surface area contributed by atoms with Crippen LogP contribution in [0.1, 0.15) is 40.7 Å². The van der Waals surface area contributed by atoms with Crippen LogP contribution in [0.4, 0.5) is 0 Å². The molecule has 0 amide bonds. The van der Waals surface area contributed by atoms with Crippen molar-refractivity contribution in [3.8, 4) is 39.8 Å². The molecule has 1 aliphatic heterocycles. The van der Waals surface area contributed by atoms with Gasteiger partial charge < -0.3 is 19.5 Å². The fraction of sp³-hybridized carbons (Fsp3) is 0.267. The zero-order chi connectivity index (χ0) is 25.8. The summed E-state index contributed by atoms with van der Waals surface area (Å²) in [6.07, 6.45) is 3.80. The number of aromatic nitrogens is 1. The Bertz CT molecular complexity index is 1370. The highest BCUT2D eigenvalue weighted by Gasteiger charge is 2.27. The topological polar surface area (TPSA) is 96.0 Å². The molecule has 0 atom stereocenters. The summed E-state index contributed by atoms with van der Waals surface area (Å²) < 4.78 is 11.6. The molecule has 5 rings (SSSR count). The molecule has 0 unspecified atom stereocenters. The maximum Gasteiger partial charge on any atom is 0.199 e. The zero-order valence-corrected chi connectivity index (χ0v) is 20.8. The van der Waals surface area contributed by atoms with E-state index in [0.717, 1.165) is 25.2 Å². The number of carbonyl (C=O) groups excluding carboxylic acids is 1. The van der Waals surface area contributed by atoms with Gasteiger partial charge in [-0.2, -0.15) is 0 Å². The van der Waals surface area contributed by atoms with Crippen molar-refractivity contribution in [2.24, 2.45) is 0 Å². The molecule has 7 nitrogen and oxygen atoms in total. The second-order valence-corrected chi connectivity index (χ2v) is 9.39. The molecule has 3 aromatic carbocycles. The number of hydrogen-bond acceptors (Lipinski definition) is 7. The van der Waals surface area contributed by atoms with Crippen molar-refractivity contribution < 1.29 is 24.3 Å². The Hall–Kier alpha value is -4.10. The quantitative estimate of drug-likeness (QED) is 0.295. The number of rotatable bonds is 8. The molecule has 1 fully saturated rings. The molecule has 0 radical (unpaired) electrons. The third-order valence-electron chi connectivity index (χ3n) is 6.76. The Balaban J connectivity index is 1.42. The van der Waals surface area contributed by atoms with Crippen LogP contribution >= 0.6 is 0 Å². The van der Waals surface area contributed by atoms with Crippen molar-refractivity contribution in [1.82, 2.24) is 10.1 Å². The maximum absolute atomic E-state index is 13.8. The molecule has 2 heterocycles. The minimum Gasteiger partial charge on any atom is -0.508 e. The summed E-state index contributed by atoms with van der Waals surface area (Å²) in [7, 11) is 0. The first-order valence-corrected chi connectivity index (χ1v) is 12.6. The Kier molecular flexibility index (Phi) is 7.23. The lowest BCUT2D eigenvalue weighted by Crippen LogP contribution is -2.33. The highest BCUT2D eigenvalue weighted by atomic mass is 16.5. The summed E-state index contributed by atoms with van der Waals surface area (Å²) in [6.45, 7) is 5.60. The normalized spacial score (nSPS) is 14.0. The number of likely N-dealkylation sites (tertiary alicyclic amines) is 1. The van der Waals surface area contributed by atoms with Crippen LogP contribution in [-0.2, 0) is 0 Å². The van der Waals surface area contributed by atoms with E-state index in [0.29, 0.717) is 46.1 Å². The molecule has 0 bridgehead atoms. The van der Waals surface area contributed by atoms with E-state index in [1.807, 2.05) is 19.1 Å². The molecular formula is C30H30N2O5. The molecule has 4 aromatic rings. The molecule has 37 heavy (non-hydrogen) atoms. The molecule has 190 valence electrons. The van der Waals surface area contributed by atoms with Gasteiger partial charge in [-0.3, -0.25) is 9.69 Å². The Morgan fingerprint density at radius 1 is 0.946 bits per heavy atom. The van der Waals surface area contributed by atoms with Crippen LogP contribution in [0.3, 0.4) is 0 Å². The van der Waals surface area contributed by atoms with E-state index >= 15 is 0 Å². The van der Waals surface area contributed by atoms with Crippen LogP contribution in [0, 0.1) is 6.92 Å². The standard InChI is InChI=1S/C30H30N2O5/c1-20-19-24(34)11-14-26(20)28-27(30(37-31-28)22-5-9-23(33)10-6-22)29(35)21-7-12-25(13-8-21)36-18-17-32-15-3-2-4-16-32/h5-14,19,33-34H,2-4,15-18H2,1H3. The SMILES string of the molecule is Cc1cc(O)ccc1-c1noc(-c2ccc(O)cc2)c1C(=O)c1ccc(OCCN2CCCCC2)cc1. The number of nitrogens with zero attached hydrogens (tertiary/aromatic N) is 2. The van der Waals surface area contributed by atoms with Crippen LogP contribution in [0.2, 0.25) is 0 Å². The van der Waals surface area contributed by atoms with Gasteiger partial charge in [0.2, 0.25) is 0 Å². The molecule has 1 aromatic heterocycles. The lowest BCUT2D eigenvalue weighted by Gasteiger charge is -2.26. The molecule has 0 spiro atoms. The number of phenolic OH excluding ortho intramolecular Hbond substituents is 2. The van der Waals surface area contributed by atoms with Gasteiger partial charge in [0.25, 0.3) is 0 Å². The van der Waals surface area contributed by atoms with Gasteiger partial charge in [-0.15, -0.1) is 0 Å². The van der Waals surface area contributed by atoms with Crippen molar-refractivity contribution in [3.05, 3.63) is 83.4 Å². The number of piperidine rings is 1. The van der Waals surface area contributed by atoms with E-state index in [1.165, 1.54) is 31.4 Å². The van der Waals surface area contributed by atoms with Crippen LogP contribution in [0.25, 0.3) is 22.6 Å². The average Bonchev–Trinajstić information content (AvgIpc) is 3.34. The van der Waals surface area contributed by atoms with E-state index in [1.54, 1.807) is 42.5 Å². The van der Waals surface area contributed by atoms with Gasteiger partial charge >= 0.3 is 0 Å². The van der Waals surface area contributed by atoms with Gasteiger partial charge in [-0.1, -0.05) is 11.6 Å². The minimum absolute atomic E-state index is 0.113. The molecule has 0 aliphatic carbocycles. The van der Waals surface area contributed by atoms with Crippen molar-refractivity contribution in [2.75, 3.05) is 26.2 Å². The minimum atomic E-state index is -0.244. The highest BCUT2D eigenvalue weighted by molar-refractivity contribution is 6.15. The second-order valence-electron chi connectivity index (χ2n) is 9.39. The number of ether oxygens (including phenoxy) is 1. The van der Waals surface area contributed by atoms with Crippen LogP contribution in [-0.4, -0.2) is 52.3 Å². The number of ketones is 1. The fourth-order valence-corrected chi connectivity index (χ4v) is 4.73. The van der Waals surface area contributed by atoms with Crippen LogP contribution in [0.5, 0.6) is 17.2 Å². The van der Waals surface area contributed by atoms with E-state index < -0.39 is 0 Å². The first-order chi connectivity index (χ1) is 18.0. The predicted molar refractivity (Wildman–Crippen MR) is 141 cm³/mol. The predicted octanol–water partition coefficient (Wildman–Crippen LogP) is 5.82. The third-order valence-corrected chi connectivity index (χ3v) is 6.76. The van der Waals surface area contributed by atoms with Crippen molar-refractivity contribution in [3.63, 3.8) is 0 Å². The van der Waals surface area contributed by atoms with Crippen LogP contribution < -0.4 is 4.74 Å². The van der Waals surface area contributed by atoms with E-state index in [-0.39, 0.29) is 17.3 Å². The van der Waals surface area contributed by atoms with Gasteiger partial charge in [0.1, 0.15) is 29.5 Å². The monoisotopic (exact) mass is 498 g/mol. The van der Waals surface area contributed by atoms with Crippen molar-refractivity contribution >= 4 is 5.78 Å². The Morgan fingerprint density at radius 3 is 2.35 bits per heavy atom. The first-order valence-electron chi connectivity index (χ1n) is 12.6. The third kappa shape index (κ3) is 5.52. The first kappa shape index (κ1) is 24.6. The van der Waals surface area contributed by atoms with Gasteiger partial charge in [0.15, 0.2) is 11.5 Å². The molecular weight excluding hydrogens is 468 g/mol. The molecule has 2 N–H and O–H groups in total. The number of carbonyl (C=O) groups is 1. The van der Waals surface area contributed by atoms with E-state index in [2.05, 4.69) is 10.1 Å². The van der Waals surface area contributed by atoms with Crippen LogP contribution in [0.15, 0.2) is 71.3 Å².